The summed E-state index contributed by atoms with van der Waals surface area (Å²) in [5.41, 5.74) is 3.21. The van der Waals surface area contributed by atoms with E-state index < -0.39 is 11.0 Å². The number of nitrogens with zero attached hydrogens (tertiary/aromatic N) is 1. The van der Waals surface area contributed by atoms with Crippen LogP contribution < -0.4 is 9.62 Å². The van der Waals surface area contributed by atoms with Crippen molar-refractivity contribution in [3.05, 3.63) is 58.1 Å². The van der Waals surface area contributed by atoms with E-state index in [1.54, 1.807) is 0 Å². The van der Waals surface area contributed by atoms with Gasteiger partial charge in [-0.3, -0.25) is 4.31 Å². The molecule has 0 saturated heterocycles. The molecule has 3 rings (SSSR count). The van der Waals surface area contributed by atoms with E-state index in [4.69, 9.17) is 4.74 Å². The molecule has 0 radical (unpaired) electrons. The van der Waals surface area contributed by atoms with Crippen LogP contribution in [-0.2, 0) is 15.7 Å². The van der Waals surface area contributed by atoms with Gasteiger partial charge in [-0.05, 0) is 49.2 Å². The predicted octanol–water partition coefficient (Wildman–Crippen LogP) is 4.03. The molecule has 0 fully saturated rings. The maximum absolute atomic E-state index is 13.1. The summed E-state index contributed by atoms with van der Waals surface area (Å²) in [4.78, 5) is 0.843. The number of para-hydroxylation sites is 1. The van der Waals surface area contributed by atoms with Gasteiger partial charge in [0.2, 0.25) is 0 Å². The normalized spacial score (nSPS) is 19.2. The van der Waals surface area contributed by atoms with Crippen molar-refractivity contribution < 1.29 is 8.95 Å². The Kier molecular flexibility index (Phi) is 6.28. The smallest absolute Gasteiger partial charge is 0.153 e. The number of anilines is 1. The molecule has 0 aliphatic carbocycles. The van der Waals surface area contributed by atoms with Gasteiger partial charge in [0.1, 0.15) is 0 Å². The van der Waals surface area contributed by atoms with Gasteiger partial charge in [-0.15, -0.1) is 0 Å². The summed E-state index contributed by atoms with van der Waals surface area (Å²) in [5.74, 6) is 0. The highest BCUT2D eigenvalue weighted by Crippen LogP contribution is 2.39. The molecule has 1 heterocycles. The van der Waals surface area contributed by atoms with Crippen molar-refractivity contribution in [1.82, 2.24) is 5.32 Å². The fourth-order valence-corrected chi connectivity index (χ4v) is 4.87. The number of hydrogen-bond acceptors (Lipinski definition) is 3. The lowest BCUT2D eigenvalue weighted by Crippen LogP contribution is -2.25. The molecular formula is C19H23BrN2O2S. The molecule has 134 valence electrons. The van der Waals surface area contributed by atoms with Crippen LogP contribution in [0.1, 0.15) is 30.5 Å². The molecule has 4 nitrogen and oxygen atoms in total. The Hall–Kier alpha value is -1.21. The van der Waals surface area contributed by atoms with Crippen molar-refractivity contribution in [3.8, 4) is 0 Å². The van der Waals surface area contributed by atoms with Crippen LogP contribution in [-0.4, -0.2) is 31.0 Å². The maximum atomic E-state index is 13.1. The Morgan fingerprint density at radius 3 is 2.84 bits per heavy atom. The van der Waals surface area contributed by atoms with Crippen molar-refractivity contribution >= 4 is 32.6 Å². The zero-order valence-corrected chi connectivity index (χ0v) is 16.9. The Bertz CT molecular complexity index is 769. The van der Waals surface area contributed by atoms with Gasteiger partial charge < -0.3 is 10.1 Å². The van der Waals surface area contributed by atoms with Crippen LogP contribution in [0.25, 0.3) is 0 Å². The van der Waals surface area contributed by atoms with E-state index in [2.05, 4.69) is 33.4 Å². The first-order chi connectivity index (χ1) is 12.1. The number of halogens is 1. The van der Waals surface area contributed by atoms with Crippen LogP contribution in [0.3, 0.4) is 0 Å². The van der Waals surface area contributed by atoms with E-state index in [-0.39, 0.29) is 6.04 Å². The third-order valence-corrected chi connectivity index (χ3v) is 6.25. The van der Waals surface area contributed by atoms with Gasteiger partial charge in [-0.25, -0.2) is 4.21 Å². The predicted molar refractivity (Wildman–Crippen MR) is 106 cm³/mol. The molecule has 0 spiro atoms. The molecule has 0 aromatic heterocycles. The quantitative estimate of drug-likeness (QED) is 0.714. The third-order valence-electron chi connectivity index (χ3n) is 4.33. The molecule has 0 saturated carbocycles. The zero-order chi connectivity index (χ0) is 17.8. The minimum Gasteiger partial charge on any atom is -0.382 e. The number of rotatable bonds is 6. The van der Waals surface area contributed by atoms with E-state index in [0.29, 0.717) is 0 Å². The SMILES string of the molecule is CCOCCCNC1c2ccccc2N(C)S(=O)c2cc(Br)ccc21. The van der Waals surface area contributed by atoms with Crippen molar-refractivity contribution in [2.24, 2.45) is 0 Å². The van der Waals surface area contributed by atoms with Gasteiger partial charge in [0.05, 0.1) is 16.6 Å². The summed E-state index contributed by atoms with van der Waals surface area (Å²) in [7, 11) is 0.645. The van der Waals surface area contributed by atoms with Gasteiger partial charge >= 0.3 is 0 Å². The second-order valence-electron chi connectivity index (χ2n) is 5.93. The molecule has 2 unspecified atom stereocenters. The van der Waals surface area contributed by atoms with Gasteiger partial charge in [-0.1, -0.05) is 40.2 Å². The average Bonchev–Trinajstić information content (AvgIpc) is 2.71. The molecule has 2 aromatic carbocycles. The first-order valence-corrected chi connectivity index (χ1v) is 10.4. The first-order valence-electron chi connectivity index (χ1n) is 8.48. The topological polar surface area (TPSA) is 41.6 Å². The second kappa shape index (κ2) is 8.45. The van der Waals surface area contributed by atoms with Gasteiger partial charge in [0, 0.05) is 24.7 Å². The summed E-state index contributed by atoms with van der Waals surface area (Å²) >= 11 is 3.51. The van der Waals surface area contributed by atoms with Crippen molar-refractivity contribution in [1.29, 1.82) is 0 Å². The lowest BCUT2D eigenvalue weighted by atomic mass is 9.97. The molecule has 2 aromatic rings. The van der Waals surface area contributed by atoms with E-state index >= 15 is 0 Å². The molecular weight excluding hydrogens is 400 g/mol. The minimum atomic E-state index is -1.24. The number of benzene rings is 2. The van der Waals surface area contributed by atoms with Crippen molar-refractivity contribution in [3.63, 3.8) is 0 Å². The van der Waals surface area contributed by atoms with Gasteiger partial charge in [-0.2, -0.15) is 0 Å². The van der Waals surface area contributed by atoms with Crippen LogP contribution in [0, 0.1) is 0 Å². The molecule has 25 heavy (non-hydrogen) atoms. The van der Waals surface area contributed by atoms with Gasteiger partial charge in [0.25, 0.3) is 0 Å². The molecule has 2 atom stereocenters. The average molecular weight is 423 g/mol. The lowest BCUT2D eigenvalue weighted by molar-refractivity contribution is 0.144. The minimum absolute atomic E-state index is 0.00910. The molecule has 0 bridgehead atoms. The molecule has 6 heteroatoms. The first kappa shape index (κ1) is 18.6. The number of ether oxygens (including phenoxy) is 1. The fourth-order valence-electron chi connectivity index (χ4n) is 3.11. The Morgan fingerprint density at radius 2 is 2.04 bits per heavy atom. The Morgan fingerprint density at radius 1 is 1.24 bits per heavy atom. The summed E-state index contributed by atoms with van der Waals surface area (Å²) in [6, 6.07) is 14.2. The standard InChI is InChI=1S/C19H23BrN2O2S/c1-3-24-12-6-11-21-19-15-7-4-5-8-17(15)22(2)25(23)18-13-14(20)9-10-16(18)19/h4-5,7-10,13,19,21H,3,6,11-12H2,1-2H3. The van der Waals surface area contributed by atoms with Crippen LogP contribution in [0.4, 0.5) is 5.69 Å². The third kappa shape index (κ3) is 3.97. The lowest BCUT2D eigenvalue weighted by Gasteiger charge is -2.22. The Labute approximate surface area is 160 Å². The number of hydrogen-bond donors (Lipinski definition) is 1. The van der Waals surface area contributed by atoms with E-state index in [1.807, 2.05) is 48.6 Å². The maximum Gasteiger partial charge on any atom is 0.153 e. The largest absolute Gasteiger partial charge is 0.382 e. The summed E-state index contributed by atoms with van der Waals surface area (Å²) in [5, 5.41) is 3.64. The van der Waals surface area contributed by atoms with E-state index in [0.717, 1.165) is 52.4 Å². The molecule has 0 amide bonds. The Balaban J connectivity index is 1.99. The zero-order valence-electron chi connectivity index (χ0n) is 14.5. The second-order valence-corrected chi connectivity index (χ2v) is 8.33. The fraction of sp³-hybridized carbons (Fsp3) is 0.368. The molecule has 1 N–H and O–H groups in total. The number of nitrogens with one attached hydrogen (secondary N) is 1. The highest BCUT2D eigenvalue weighted by molar-refractivity contribution is 9.10. The van der Waals surface area contributed by atoms with E-state index in [1.165, 1.54) is 0 Å². The van der Waals surface area contributed by atoms with Crippen LogP contribution >= 0.6 is 15.9 Å². The molecule has 1 aliphatic rings. The highest BCUT2D eigenvalue weighted by atomic mass is 79.9. The monoisotopic (exact) mass is 422 g/mol. The summed E-state index contributed by atoms with van der Waals surface area (Å²) < 4.78 is 21.3. The van der Waals surface area contributed by atoms with Crippen LogP contribution in [0.5, 0.6) is 0 Å². The van der Waals surface area contributed by atoms with Crippen molar-refractivity contribution in [2.45, 2.75) is 24.3 Å². The summed E-state index contributed by atoms with van der Waals surface area (Å²) in [6.07, 6.45) is 0.942. The molecule has 1 aliphatic heterocycles. The van der Waals surface area contributed by atoms with Crippen molar-refractivity contribution in [2.75, 3.05) is 31.1 Å². The van der Waals surface area contributed by atoms with Gasteiger partial charge in [0.15, 0.2) is 11.0 Å². The van der Waals surface area contributed by atoms with Crippen LogP contribution in [0.15, 0.2) is 51.8 Å². The van der Waals surface area contributed by atoms with E-state index in [9.17, 15) is 4.21 Å². The number of fused-ring (bicyclic) bond motifs is 2. The summed E-state index contributed by atoms with van der Waals surface area (Å²) in [6.45, 7) is 4.34. The van der Waals surface area contributed by atoms with Crippen LogP contribution in [0.2, 0.25) is 0 Å². The highest BCUT2D eigenvalue weighted by Gasteiger charge is 2.29.